The van der Waals surface area contributed by atoms with Crippen molar-refractivity contribution in [2.24, 2.45) is 0 Å². The lowest BCUT2D eigenvalue weighted by Crippen LogP contribution is -2.12. The Morgan fingerprint density at radius 3 is 2.47 bits per heavy atom. The van der Waals surface area contributed by atoms with Gasteiger partial charge in [0, 0.05) is 16.3 Å². The quantitative estimate of drug-likeness (QED) is 0.812. The lowest BCUT2D eigenvalue weighted by molar-refractivity contribution is -0.116. The van der Waals surface area contributed by atoms with Crippen LogP contribution < -0.4 is 5.32 Å². The molecule has 0 bridgehead atoms. The number of rotatable bonds is 4. The Morgan fingerprint density at radius 2 is 1.79 bits per heavy atom. The molecule has 2 aromatic carbocycles. The third kappa shape index (κ3) is 4.30. The summed E-state index contributed by atoms with van der Waals surface area (Å²) in [5, 5.41) is 3.56. The minimum atomic E-state index is -0.0172. The third-order valence-corrected chi connectivity index (χ3v) is 3.37. The van der Waals surface area contributed by atoms with E-state index in [4.69, 9.17) is 11.6 Å². The molecule has 0 saturated heterocycles. The number of halogens is 1. The first-order valence-electron chi connectivity index (χ1n) is 5.97. The van der Waals surface area contributed by atoms with Gasteiger partial charge in [0.05, 0.1) is 5.69 Å². The van der Waals surface area contributed by atoms with Crippen molar-refractivity contribution in [3.05, 3.63) is 59.1 Å². The topological polar surface area (TPSA) is 29.1 Å². The average Bonchev–Trinajstić information content (AvgIpc) is 2.41. The summed E-state index contributed by atoms with van der Waals surface area (Å²) in [6.07, 6.45) is 1.13. The fourth-order valence-electron chi connectivity index (χ4n) is 1.70. The van der Waals surface area contributed by atoms with Crippen LogP contribution in [0.15, 0.2) is 53.4 Å². The van der Waals surface area contributed by atoms with Gasteiger partial charge < -0.3 is 5.32 Å². The van der Waals surface area contributed by atoms with Gasteiger partial charge in [0.25, 0.3) is 0 Å². The number of hydrogen-bond acceptors (Lipinski definition) is 2. The molecule has 0 heterocycles. The molecule has 0 atom stereocenters. The van der Waals surface area contributed by atoms with Gasteiger partial charge in [-0.15, -0.1) is 12.6 Å². The van der Waals surface area contributed by atoms with E-state index in [-0.39, 0.29) is 5.91 Å². The molecule has 1 N–H and O–H groups in total. The van der Waals surface area contributed by atoms with Gasteiger partial charge in [-0.3, -0.25) is 4.79 Å². The first kappa shape index (κ1) is 14.0. The molecule has 0 aliphatic heterocycles. The van der Waals surface area contributed by atoms with Gasteiger partial charge in [-0.25, -0.2) is 0 Å². The molecule has 0 radical (unpaired) electrons. The average molecular weight is 292 g/mol. The number of para-hydroxylation sites is 1. The van der Waals surface area contributed by atoms with E-state index in [1.807, 2.05) is 48.5 Å². The van der Waals surface area contributed by atoms with Crippen molar-refractivity contribution in [1.82, 2.24) is 0 Å². The largest absolute Gasteiger partial charge is 0.325 e. The Balaban J connectivity index is 1.88. The zero-order valence-electron chi connectivity index (χ0n) is 10.3. The van der Waals surface area contributed by atoms with Crippen LogP contribution in [0.4, 0.5) is 5.69 Å². The Morgan fingerprint density at radius 1 is 1.11 bits per heavy atom. The minimum absolute atomic E-state index is 0.0172. The Labute approximate surface area is 123 Å². The predicted octanol–water partition coefficient (Wildman–Crippen LogP) is 4.20. The summed E-state index contributed by atoms with van der Waals surface area (Å²) in [4.78, 5) is 12.6. The number of benzene rings is 2. The van der Waals surface area contributed by atoms with Crippen molar-refractivity contribution in [2.75, 3.05) is 5.32 Å². The molecule has 4 heteroatoms. The first-order chi connectivity index (χ1) is 9.15. The van der Waals surface area contributed by atoms with Crippen LogP contribution in [0, 0.1) is 0 Å². The summed E-state index contributed by atoms with van der Waals surface area (Å²) in [7, 11) is 0. The van der Waals surface area contributed by atoms with E-state index in [0.717, 1.165) is 16.1 Å². The zero-order chi connectivity index (χ0) is 13.7. The molecule has 0 unspecified atom stereocenters. The smallest absolute Gasteiger partial charge is 0.224 e. The maximum Gasteiger partial charge on any atom is 0.224 e. The van der Waals surface area contributed by atoms with Crippen LogP contribution in [0.5, 0.6) is 0 Å². The number of nitrogens with one attached hydrogen (secondary N) is 1. The fourth-order valence-corrected chi connectivity index (χ4v) is 2.04. The van der Waals surface area contributed by atoms with Crippen LogP contribution in [0.25, 0.3) is 0 Å². The number of carbonyl (C=O) groups excluding carboxylic acids is 1. The van der Waals surface area contributed by atoms with Crippen LogP contribution in [-0.2, 0) is 11.2 Å². The van der Waals surface area contributed by atoms with Gasteiger partial charge in [0.1, 0.15) is 0 Å². The summed E-state index contributed by atoms with van der Waals surface area (Å²) in [6.45, 7) is 0. The van der Waals surface area contributed by atoms with Crippen molar-refractivity contribution in [2.45, 2.75) is 17.7 Å². The van der Waals surface area contributed by atoms with Crippen molar-refractivity contribution >= 4 is 35.8 Å². The van der Waals surface area contributed by atoms with E-state index in [0.29, 0.717) is 17.9 Å². The minimum Gasteiger partial charge on any atom is -0.325 e. The van der Waals surface area contributed by atoms with Gasteiger partial charge >= 0.3 is 0 Å². The first-order valence-corrected chi connectivity index (χ1v) is 6.80. The summed E-state index contributed by atoms with van der Waals surface area (Å²) in [6, 6.07) is 15.0. The van der Waals surface area contributed by atoms with Crippen LogP contribution in [-0.4, -0.2) is 5.91 Å². The molecule has 0 aliphatic carbocycles. The highest BCUT2D eigenvalue weighted by Crippen LogP contribution is 2.19. The number of carbonyl (C=O) groups is 1. The van der Waals surface area contributed by atoms with Crippen LogP contribution in [0.3, 0.4) is 0 Å². The van der Waals surface area contributed by atoms with Crippen LogP contribution in [0.2, 0.25) is 5.02 Å². The summed E-state index contributed by atoms with van der Waals surface area (Å²) in [5.41, 5.74) is 1.84. The molecular formula is C15H14ClNOS. The van der Waals surface area contributed by atoms with E-state index in [1.165, 1.54) is 0 Å². The van der Waals surface area contributed by atoms with Gasteiger partial charge in [-0.2, -0.15) is 0 Å². The number of anilines is 1. The van der Waals surface area contributed by atoms with Gasteiger partial charge in [-0.05, 0) is 36.2 Å². The predicted molar refractivity (Wildman–Crippen MR) is 82.1 cm³/mol. The molecule has 0 aromatic heterocycles. The second-order valence-corrected chi connectivity index (χ2v) is 5.11. The van der Waals surface area contributed by atoms with E-state index in [2.05, 4.69) is 17.9 Å². The highest BCUT2D eigenvalue weighted by Gasteiger charge is 2.05. The van der Waals surface area contributed by atoms with Crippen molar-refractivity contribution in [3.8, 4) is 0 Å². The van der Waals surface area contributed by atoms with Crippen LogP contribution in [0.1, 0.15) is 12.0 Å². The van der Waals surface area contributed by atoms with E-state index in [9.17, 15) is 4.79 Å². The molecule has 19 heavy (non-hydrogen) atoms. The number of amides is 1. The maximum atomic E-state index is 11.8. The monoisotopic (exact) mass is 291 g/mol. The SMILES string of the molecule is O=C(CCc1ccc(Cl)cc1)Nc1ccccc1S. The van der Waals surface area contributed by atoms with E-state index < -0.39 is 0 Å². The van der Waals surface area contributed by atoms with Crippen molar-refractivity contribution < 1.29 is 4.79 Å². The third-order valence-electron chi connectivity index (χ3n) is 2.73. The molecule has 1 amide bonds. The molecule has 98 valence electrons. The molecule has 0 aliphatic rings. The Hall–Kier alpha value is -1.45. The molecule has 0 fully saturated rings. The Bertz CT molecular complexity index is 569. The summed E-state index contributed by atoms with van der Waals surface area (Å²) < 4.78 is 0. The fraction of sp³-hybridized carbons (Fsp3) is 0.133. The summed E-state index contributed by atoms with van der Waals surface area (Å²) in [5.74, 6) is -0.0172. The van der Waals surface area contributed by atoms with Crippen LogP contribution >= 0.6 is 24.2 Å². The molecule has 2 aromatic rings. The normalized spacial score (nSPS) is 10.2. The maximum absolute atomic E-state index is 11.8. The van der Waals surface area contributed by atoms with Gasteiger partial charge in [-0.1, -0.05) is 35.9 Å². The molecule has 0 saturated carbocycles. The molecular weight excluding hydrogens is 278 g/mol. The lowest BCUT2D eigenvalue weighted by atomic mass is 10.1. The molecule has 2 nitrogen and oxygen atoms in total. The molecule has 2 rings (SSSR count). The van der Waals surface area contributed by atoms with E-state index >= 15 is 0 Å². The van der Waals surface area contributed by atoms with Gasteiger partial charge in [0.2, 0.25) is 5.91 Å². The highest BCUT2D eigenvalue weighted by molar-refractivity contribution is 7.80. The van der Waals surface area contributed by atoms with Crippen molar-refractivity contribution in [1.29, 1.82) is 0 Å². The number of aryl methyl sites for hydroxylation is 1. The lowest BCUT2D eigenvalue weighted by Gasteiger charge is -2.07. The second kappa shape index (κ2) is 6.64. The molecule has 0 spiro atoms. The number of thiol groups is 1. The second-order valence-electron chi connectivity index (χ2n) is 4.19. The van der Waals surface area contributed by atoms with E-state index in [1.54, 1.807) is 0 Å². The standard InChI is InChI=1S/C15H14ClNOS/c16-12-8-5-11(6-9-12)7-10-15(18)17-13-3-1-2-4-14(13)19/h1-6,8-9,19H,7,10H2,(H,17,18). The zero-order valence-corrected chi connectivity index (χ0v) is 11.9. The Kier molecular flexibility index (Phi) is 4.88. The van der Waals surface area contributed by atoms with Gasteiger partial charge in [0.15, 0.2) is 0 Å². The summed E-state index contributed by atoms with van der Waals surface area (Å²) >= 11 is 10.1. The number of hydrogen-bond donors (Lipinski definition) is 2. The highest BCUT2D eigenvalue weighted by atomic mass is 35.5. The van der Waals surface area contributed by atoms with Crippen molar-refractivity contribution in [3.63, 3.8) is 0 Å².